The van der Waals surface area contributed by atoms with Gasteiger partial charge in [0, 0.05) is 12.4 Å². The number of carbonyl (C=O) groups is 1. The van der Waals surface area contributed by atoms with Gasteiger partial charge in [0.15, 0.2) is 11.6 Å². The molecule has 1 aromatic heterocycles. The first-order valence-corrected chi connectivity index (χ1v) is 6.84. The Hall–Kier alpha value is -3.02. The van der Waals surface area contributed by atoms with Crippen molar-refractivity contribution in [3.8, 4) is 5.69 Å². The molecule has 116 valence electrons. The average molecular weight is 314 g/mol. The third-order valence-electron chi connectivity index (χ3n) is 3.23. The number of aromatic nitrogens is 2. The molecular weight excluding hydrogens is 302 g/mol. The molecule has 0 aliphatic heterocycles. The van der Waals surface area contributed by atoms with Gasteiger partial charge in [0.25, 0.3) is 0 Å². The van der Waals surface area contributed by atoms with Crippen molar-refractivity contribution in [3.63, 3.8) is 0 Å². The van der Waals surface area contributed by atoms with Gasteiger partial charge >= 0.3 is 5.97 Å². The van der Waals surface area contributed by atoms with Gasteiger partial charge in [-0.15, -0.1) is 0 Å². The number of halogens is 2. The van der Waals surface area contributed by atoms with Gasteiger partial charge in [0.05, 0.1) is 11.3 Å². The Morgan fingerprint density at radius 1 is 1.09 bits per heavy atom. The molecule has 0 spiro atoms. The maximum absolute atomic E-state index is 13.1. The van der Waals surface area contributed by atoms with Crippen molar-refractivity contribution in [3.05, 3.63) is 83.7 Å². The molecule has 0 N–H and O–H groups in total. The summed E-state index contributed by atoms with van der Waals surface area (Å²) in [6.07, 6.45) is 3.50. The van der Waals surface area contributed by atoms with E-state index in [1.54, 1.807) is 23.0 Å². The van der Waals surface area contributed by atoms with Crippen molar-refractivity contribution < 1.29 is 18.3 Å². The van der Waals surface area contributed by atoms with E-state index in [9.17, 15) is 13.6 Å². The van der Waals surface area contributed by atoms with Crippen LogP contribution in [0, 0.1) is 11.6 Å². The Morgan fingerprint density at radius 3 is 2.52 bits per heavy atom. The fourth-order valence-electron chi connectivity index (χ4n) is 2.02. The quantitative estimate of drug-likeness (QED) is 0.692. The largest absolute Gasteiger partial charge is 0.457 e. The van der Waals surface area contributed by atoms with Crippen LogP contribution in [0.15, 0.2) is 60.9 Å². The fourth-order valence-corrected chi connectivity index (χ4v) is 2.02. The predicted molar refractivity (Wildman–Crippen MR) is 79.0 cm³/mol. The van der Waals surface area contributed by atoms with Crippen LogP contribution >= 0.6 is 0 Å². The molecule has 3 rings (SSSR count). The Kier molecular flexibility index (Phi) is 4.14. The molecule has 0 atom stereocenters. The fraction of sp³-hybridized carbons (Fsp3) is 0.0588. The van der Waals surface area contributed by atoms with Crippen LogP contribution in [0.2, 0.25) is 0 Å². The summed E-state index contributed by atoms with van der Waals surface area (Å²) >= 11 is 0. The zero-order valence-electron chi connectivity index (χ0n) is 11.9. The topological polar surface area (TPSA) is 44.1 Å². The van der Waals surface area contributed by atoms with Crippen LogP contribution in [0.5, 0.6) is 0 Å². The smallest absolute Gasteiger partial charge is 0.338 e. The SMILES string of the molecule is O=C(OCc1ccc(-n2cccn2)cc1)c1ccc(F)c(F)c1. The van der Waals surface area contributed by atoms with Gasteiger partial charge in [0.1, 0.15) is 6.61 Å². The molecule has 4 nitrogen and oxygen atoms in total. The minimum Gasteiger partial charge on any atom is -0.457 e. The van der Waals surface area contributed by atoms with E-state index in [-0.39, 0.29) is 12.2 Å². The highest BCUT2D eigenvalue weighted by Crippen LogP contribution is 2.13. The van der Waals surface area contributed by atoms with E-state index >= 15 is 0 Å². The third kappa shape index (κ3) is 3.42. The van der Waals surface area contributed by atoms with Crippen LogP contribution in [0.25, 0.3) is 5.69 Å². The molecule has 23 heavy (non-hydrogen) atoms. The highest BCUT2D eigenvalue weighted by Gasteiger charge is 2.11. The maximum atomic E-state index is 13.1. The molecule has 0 aliphatic carbocycles. The monoisotopic (exact) mass is 314 g/mol. The van der Waals surface area contributed by atoms with Crippen LogP contribution in [0.4, 0.5) is 8.78 Å². The summed E-state index contributed by atoms with van der Waals surface area (Å²) in [5, 5.41) is 4.11. The number of rotatable bonds is 4. The molecule has 1 heterocycles. The second-order valence-corrected chi connectivity index (χ2v) is 4.82. The predicted octanol–water partition coefficient (Wildman–Crippen LogP) is 3.51. The molecule has 0 saturated carbocycles. The molecule has 3 aromatic rings. The van der Waals surface area contributed by atoms with E-state index in [1.807, 2.05) is 24.4 Å². The van der Waals surface area contributed by atoms with Crippen LogP contribution in [-0.4, -0.2) is 15.7 Å². The van der Waals surface area contributed by atoms with Crippen molar-refractivity contribution >= 4 is 5.97 Å². The molecule has 0 aliphatic rings. The lowest BCUT2D eigenvalue weighted by Gasteiger charge is -2.07. The molecule has 2 aromatic carbocycles. The van der Waals surface area contributed by atoms with Gasteiger partial charge in [-0.25, -0.2) is 18.3 Å². The molecule has 0 amide bonds. The summed E-state index contributed by atoms with van der Waals surface area (Å²) in [6, 6.07) is 12.0. The van der Waals surface area contributed by atoms with E-state index in [4.69, 9.17) is 4.74 Å². The van der Waals surface area contributed by atoms with Gasteiger partial charge in [-0.3, -0.25) is 0 Å². The number of carbonyl (C=O) groups excluding carboxylic acids is 1. The summed E-state index contributed by atoms with van der Waals surface area (Å²) in [4.78, 5) is 11.8. The van der Waals surface area contributed by atoms with Gasteiger partial charge in [0.2, 0.25) is 0 Å². The second kappa shape index (κ2) is 6.39. The van der Waals surface area contributed by atoms with Crippen LogP contribution in [0.1, 0.15) is 15.9 Å². The number of ether oxygens (including phenoxy) is 1. The normalized spacial score (nSPS) is 10.5. The summed E-state index contributed by atoms with van der Waals surface area (Å²) < 4.78 is 32.7. The van der Waals surface area contributed by atoms with E-state index in [2.05, 4.69) is 5.10 Å². The lowest BCUT2D eigenvalue weighted by Crippen LogP contribution is -2.06. The first-order chi connectivity index (χ1) is 11.1. The molecular formula is C17H12F2N2O2. The van der Waals surface area contributed by atoms with E-state index in [0.717, 1.165) is 23.4 Å². The Labute approximate surface area is 130 Å². The van der Waals surface area contributed by atoms with Crippen LogP contribution < -0.4 is 0 Å². The standard InChI is InChI=1S/C17H12F2N2O2/c18-15-7-4-13(10-16(15)19)17(22)23-11-12-2-5-14(6-3-12)21-9-1-8-20-21/h1-10H,11H2. The third-order valence-corrected chi connectivity index (χ3v) is 3.23. The Morgan fingerprint density at radius 2 is 1.87 bits per heavy atom. The zero-order chi connectivity index (χ0) is 16.2. The van der Waals surface area contributed by atoms with Crippen molar-refractivity contribution in [2.75, 3.05) is 0 Å². The summed E-state index contributed by atoms with van der Waals surface area (Å²) in [7, 11) is 0. The highest BCUT2D eigenvalue weighted by atomic mass is 19.2. The molecule has 0 unspecified atom stereocenters. The van der Waals surface area contributed by atoms with Crippen molar-refractivity contribution in [2.24, 2.45) is 0 Å². The Balaban J connectivity index is 1.63. The first kappa shape index (κ1) is 14.9. The molecule has 0 bridgehead atoms. The van der Waals surface area contributed by atoms with Crippen LogP contribution in [0.3, 0.4) is 0 Å². The lowest BCUT2D eigenvalue weighted by molar-refractivity contribution is 0.0472. The van der Waals surface area contributed by atoms with Crippen molar-refractivity contribution in [2.45, 2.75) is 6.61 Å². The molecule has 0 fully saturated rings. The molecule has 0 saturated heterocycles. The molecule has 6 heteroatoms. The van der Waals surface area contributed by atoms with Gasteiger partial charge in [-0.1, -0.05) is 12.1 Å². The minimum atomic E-state index is -1.08. The second-order valence-electron chi connectivity index (χ2n) is 4.82. The summed E-state index contributed by atoms with van der Waals surface area (Å²) in [6.45, 7) is 0.0389. The maximum Gasteiger partial charge on any atom is 0.338 e. The summed E-state index contributed by atoms with van der Waals surface area (Å²) in [5.41, 5.74) is 1.62. The van der Waals surface area contributed by atoms with Gasteiger partial charge in [-0.05, 0) is 42.0 Å². The zero-order valence-corrected chi connectivity index (χ0v) is 11.9. The van der Waals surface area contributed by atoms with E-state index in [0.29, 0.717) is 0 Å². The average Bonchev–Trinajstić information content (AvgIpc) is 3.10. The first-order valence-electron chi connectivity index (χ1n) is 6.84. The minimum absolute atomic E-state index is 0.0305. The molecule has 0 radical (unpaired) electrons. The van der Waals surface area contributed by atoms with Crippen molar-refractivity contribution in [1.82, 2.24) is 9.78 Å². The van der Waals surface area contributed by atoms with Gasteiger partial charge in [-0.2, -0.15) is 5.10 Å². The Bertz CT molecular complexity index is 815. The number of esters is 1. The van der Waals surface area contributed by atoms with E-state index < -0.39 is 17.6 Å². The number of hydrogen-bond donors (Lipinski definition) is 0. The van der Waals surface area contributed by atoms with Crippen molar-refractivity contribution in [1.29, 1.82) is 0 Å². The van der Waals surface area contributed by atoms with Gasteiger partial charge < -0.3 is 4.74 Å². The lowest BCUT2D eigenvalue weighted by atomic mass is 10.2. The van der Waals surface area contributed by atoms with Crippen LogP contribution in [-0.2, 0) is 11.3 Å². The highest BCUT2D eigenvalue weighted by molar-refractivity contribution is 5.89. The van der Waals surface area contributed by atoms with E-state index in [1.165, 1.54) is 6.07 Å². The number of hydrogen-bond acceptors (Lipinski definition) is 3. The summed E-state index contributed by atoms with van der Waals surface area (Å²) in [5.74, 6) is -2.79. The number of benzene rings is 2. The number of nitrogens with zero attached hydrogens (tertiary/aromatic N) is 2.